The third-order valence-electron chi connectivity index (χ3n) is 20.1. The molecular weight excluding hydrogens is 1980 g/mol. The van der Waals surface area contributed by atoms with Crippen LogP contribution in [-0.4, -0.2) is 188 Å². The fourth-order valence-electron chi connectivity index (χ4n) is 15.1. The number of rotatable bonds is 64. The molecule has 0 amide bonds. The van der Waals surface area contributed by atoms with Crippen LogP contribution in [0.15, 0.2) is 48.5 Å². The number of thioether (sulfide) groups is 8. The zero-order valence-corrected chi connectivity index (χ0v) is 82.0. The van der Waals surface area contributed by atoms with E-state index in [0.717, 1.165) is 70.6 Å². The zero-order chi connectivity index (χ0) is 100. The number of carbonyl (C=O) groups excluding carboxylic acids is 4. The fourth-order valence-corrected chi connectivity index (χ4v) is 21.1. The van der Waals surface area contributed by atoms with E-state index in [2.05, 4.69) is 0 Å². The number of benzene rings is 4. The number of fused-ring (bicyclic) bond motifs is 8. The molecule has 764 valence electrons. The normalized spacial score (nSPS) is 13.7. The Morgan fingerprint density at radius 2 is 0.440 bits per heavy atom. The standard InChI is InChI=1S/C92H118F26O8S8/c1-61(119)131-35-13-25-123-77-69-41-65(17-7-29-127-33-11-21-83(97,98)55-89(109,110)59-91(113,114)115)43-71(77)50-73-45-67(19-9-31-129-39-23-85(101,102)57-87(105,106)53-81(5,93)94)47-75(79(73)125-27-15-37-133-63(3)121)52-76-48-68(20-10-32-130-40-24-86(103,104)58-88(107,108)54-82(6,95)96)46-74(80(76)126-28-16-38-134-64(4)122)51-72-44-66(42-70(49-69)78(72)124-26-14-36-132-62(2)120)18-8-30-128-34-12-22-84(99,100)56-90(111,112)60-92(116,117)118/h41-48H,7-40,49-60H2,1-6H3. The van der Waals surface area contributed by atoms with Gasteiger partial charge in [0.2, 0.25) is 0 Å². The Bertz CT molecular complexity index is 4020. The van der Waals surface area contributed by atoms with E-state index < -0.39 is 149 Å². The number of carbonyl (C=O) groups is 4. The van der Waals surface area contributed by atoms with E-state index in [1.165, 1.54) is 51.2 Å². The maximum atomic E-state index is 15.2. The minimum Gasteiger partial charge on any atom is -0.493 e. The summed E-state index contributed by atoms with van der Waals surface area (Å²) in [6.45, 7) is 5.92. The zero-order valence-electron chi connectivity index (χ0n) is 75.5. The first-order valence-corrected chi connectivity index (χ1v) is 52.5. The van der Waals surface area contributed by atoms with Gasteiger partial charge in [-0.05, 0) is 217 Å². The Morgan fingerprint density at radius 3 is 0.642 bits per heavy atom. The van der Waals surface area contributed by atoms with Crippen molar-refractivity contribution in [3.05, 3.63) is 115 Å². The molecule has 8 nitrogen and oxygen atoms in total. The van der Waals surface area contributed by atoms with Crippen molar-refractivity contribution in [2.75, 3.05) is 95.5 Å². The van der Waals surface area contributed by atoms with Crippen LogP contribution in [0.4, 0.5) is 114 Å². The van der Waals surface area contributed by atoms with E-state index in [1.54, 1.807) is 0 Å². The number of halogens is 26. The Labute approximate surface area is 801 Å². The van der Waals surface area contributed by atoms with Gasteiger partial charge in [-0.1, -0.05) is 95.6 Å². The molecule has 4 aromatic rings. The third kappa shape index (κ3) is 52.5. The van der Waals surface area contributed by atoms with Gasteiger partial charge in [0.25, 0.3) is 59.2 Å². The molecule has 42 heteroatoms. The average molecular weight is 2100 g/mol. The lowest BCUT2D eigenvalue weighted by Crippen LogP contribution is -2.34. The molecule has 1 aliphatic rings. The van der Waals surface area contributed by atoms with Gasteiger partial charge in [-0.15, -0.1) is 0 Å². The summed E-state index contributed by atoms with van der Waals surface area (Å²) in [7, 11) is 0. The van der Waals surface area contributed by atoms with Gasteiger partial charge in [-0.25, -0.2) is 87.8 Å². The largest absolute Gasteiger partial charge is 0.493 e. The molecule has 8 bridgehead atoms. The summed E-state index contributed by atoms with van der Waals surface area (Å²) in [4.78, 5) is 49.6. The number of hydrogen-bond donors (Lipinski definition) is 0. The van der Waals surface area contributed by atoms with Gasteiger partial charge in [-0.3, -0.25) is 19.2 Å². The highest BCUT2D eigenvalue weighted by Crippen LogP contribution is 2.48. The Hall–Kier alpha value is -4.26. The second kappa shape index (κ2) is 56.0. The number of hydrogen-bond acceptors (Lipinski definition) is 16. The first kappa shape index (κ1) is 120. The van der Waals surface area contributed by atoms with Gasteiger partial charge in [0.05, 0.1) is 65.0 Å². The second-order valence-corrected chi connectivity index (χ2v) is 44.0. The summed E-state index contributed by atoms with van der Waals surface area (Å²) >= 11 is 8.55. The Kier molecular flexibility index (Phi) is 50.2. The van der Waals surface area contributed by atoms with Gasteiger partial charge in [0.1, 0.15) is 35.8 Å². The molecule has 0 spiro atoms. The van der Waals surface area contributed by atoms with Crippen LogP contribution in [0.3, 0.4) is 0 Å². The van der Waals surface area contributed by atoms with Crippen LogP contribution in [0.25, 0.3) is 0 Å². The third-order valence-corrected chi connectivity index (χ3v) is 28.2. The highest BCUT2D eigenvalue weighted by molar-refractivity contribution is 8.14. The molecule has 4 aromatic carbocycles. The summed E-state index contributed by atoms with van der Waals surface area (Å²) in [5, 5.41) is -0.761. The van der Waals surface area contributed by atoms with Crippen LogP contribution < -0.4 is 18.9 Å². The lowest BCUT2D eigenvalue weighted by atomic mass is 9.87. The van der Waals surface area contributed by atoms with Gasteiger partial charge in [-0.2, -0.15) is 73.4 Å². The molecule has 0 saturated carbocycles. The van der Waals surface area contributed by atoms with Crippen molar-refractivity contribution >= 4 is 115 Å². The molecule has 1 aliphatic carbocycles. The van der Waals surface area contributed by atoms with Crippen molar-refractivity contribution in [1.82, 2.24) is 0 Å². The second-order valence-electron chi connectivity index (χ2n) is 34.1. The van der Waals surface area contributed by atoms with Gasteiger partial charge < -0.3 is 18.9 Å². The van der Waals surface area contributed by atoms with Crippen LogP contribution in [0.1, 0.15) is 250 Å². The molecule has 0 N–H and O–H groups in total. The predicted octanol–water partition coefficient (Wildman–Crippen LogP) is 30.2. The summed E-state index contributed by atoms with van der Waals surface area (Å²) in [6, 6.07) is 15.0. The van der Waals surface area contributed by atoms with E-state index in [0.29, 0.717) is 151 Å². The molecular formula is C92H118F26O8S8. The average Bonchev–Trinajstić information content (AvgIpc) is 0.769. The van der Waals surface area contributed by atoms with Crippen molar-refractivity contribution in [1.29, 1.82) is 0 Å². The topological polar surface area (TPSA) is 105 Å². The monoisotopic (exact) mass is 2100 g/mol. The van der Waals surface area contributed by atoms with Crippen LogP contribution in [0.2, 0.25) is 0 Å². The van der Waals surface area contributed by atoms with E-state index in [-0.39, 0.29) is 184 Å². The Morgan fingerprint density at radius 1 is 0.246 bits per heavy atom. The first-order valence-electron chi connectivity index (χ1n) is 43.9. The molecule has 0 unspecified atom stereocenters. The number of aryl methyl sites for hydroxylation is 4. The van der Waals surface area contributed by atoms with Crippen LogP contribution in [0, 0.1) is 0 Å². The van der Waals surface area contributed by atoms with Gasteiger partial charge in [0, 0.05) is 102 Å². The van der Waals surface area contributed by atoms with Gasteiger partial charge in [0.15, 0.2) is 20.5 Å². The summed E-state index contributed by atoms with van der Waals surface area (Å²) < 4.78 is 396. The van der Waals surface area contributed by atoms with Crippen molar-refractivity contribution in [2.45, 2.75) is 306 Å². The van der Waals surface area contributed by atoms with Crippen LogP contribution >= 0.6 is 94.1 Å². The van der Waals surface area contributed by atoms with Crippen molar-refractivity contribution in [3.63, 3.8) is 0 Å². The maximum Gasteiger partial charge on any atom is 0.394 e. The number of alkyl halides is 26. The van der Waals surface area contributed by atoms with E-state index in [1.807, 2.05) is 48.5 Å². The van der Waals surface area contributed by atoms with Crippen molar-refractivity contribution < 1.29 is 152 Å². The molecule has 0 aliphatic heterocycles. The van der Waals surface area contributed by atoms with E-state index in [9.17, 15) is 116 Å². The van der Waals surface area contributed by atoms with E-state index in [4.69, 9.17) is 18.9 Å². The lowest BCUT2D eigenvalue weighted by molar-refractivity contribution is -0.208. The maximum absolute atomic E-state index is 15.2. The minimum absolute atomic E-state index is 0.00503. The summed E-state index contributed by atoms with van der Waals surface area (Å²) in [5.41, 5.74) is 6.74. The molecule has 0 aromatic heterocycles. The summed E-state index contributed by atoms with van der Waals surface area (Å²) in [6.07, 6.45) is -31.4. The molecule has 0 heterocycles. The molecule has 0 saturated heterocycles. The predicted molar refractivity (Wildman–Crippen MR) is 490 cm³/mol. The molecule has 5 rings (SSSR count). The lowest BCUT2D eigenvalue weighted by Gasteiger charge is -2.25. The SMILES string of the molecule is CC(=O)SCCCOc1c2cc(CCCSCCCC(F)(F)CC(F)(F)CC(F)(F)F)cc1Cc1cc(CCCSCCC(F)(F)CC(F)(F)CC(C)(F)F)cc(c1OCCCSC(C)=O)Cc1cc(CCCSCCC(F)(F)CC(F)(F)CC(C)(F)F)cc(c1OCCCSC(C)=O)Cc1cc(CCCSCCCC(F)(F)CC(F)(F)CC(F)(F)F)cc(c1OCCCSC(C)=O)C2. The van der Waals surface area contributed by atoms with Crippen LogP contribution in [0.5, 0.6) is 23.0 Å². The number of ether oxygens (including phenoxy) is 4. The molecule has 0 atom stereocenters. The highest BCUT2D eigenvalue weighted by atomic mass is 32.2. The quantitative estimate of drug-likeness (QED) is 0.0272. The smallest absolute Gasteiger partial charge is 0.394 e. The summed E-state index contributed by atoms with van der Waals surface area (Å²) in [5.74, 6) is -39.9. The highest BCUT2D eigenvalue weighted by Gasteiger charge is 2.53. The van der Waals surface area contributed by atoms with Crippen molar-refractivity contribution in [3.8, 4) is 23.0 Å². The van der Waals surface area contributed by atoms with Crippen molar-refractivity contribution in [2.24, 2.45) is 0 Å². The first-order chi connectivity index (χ1) is 62.1. The molecule has 0 radical (unpaired) electrons. The van der Waals surface area contributed by atoms with E-state index >= 15 is 17.6 Å². The van der Waals surface area contributed by atoms with Gasteiger partial charge >= 0.3 is 12.4 Å². The minimum atomic E-state index is -5.41. The van der Waals surface area contributed by atoms with Crippen LogP contribution in [-0.2, 0) is 70.5 Å². The molecule has 0 fully saturated rings. The molecule has 134 heavy (non-hydrogen) atoms. The fraction of sp³-hybridized carbons (Fsp3) is 0.696. The Balaban J connectivity index is 1.87.